The summed E-state index contributed by atoms with van der Waals surface area (Å²) in [5, 5.41) is 3.23. The van der Waals surface area contributed by atoms with E-state index in [1.807, 2.05) is 0 Å². The number of rotatable bonds is 6. The standard InChI is InChI=1S/C19H30N6O4S/c1-4-21-30(27,28)24-10-9-13(12-24)22-18-20-11-15-16(23-18)25(14-7-5-6-8-14)17(26)19(2,3)29-15/h11,13-14,21H,4-10,12H2,1-3H3,(H,20,22,23)/t13-/m0/s1. The second kappa shape index (κ2) is 7.93. The van der Waals surface area contributed by atoms with Gasteiger partial charge >= 0.3 is 0 Å². The Morgan fingerprint density at radius 1 is 1.27 bits per heavy atom. The average molecular weight is 439 g/mol. The van der Waals surface area contributed by atoms with E-state index in [-0.39, 0.29) is 18.0 Å². The molecule has 166 valence electrons. The van der Waals surface area contributed by atoms with Crippen molar-refractivity contribution in [1.29, 1.82) is 0 Å². The third-order valence-corrected chi connectivity index (χ3v) is 7.57. The molecule has 1 saturated carbocycles. The van der Waals surface area contributed by atoms with E-state index in [4.69, 9.17) is 4.74 Å². The van der Waals surface area contributed by atoms with Crippen LogP contribution in [0.25, 0.3) is 0 Å². The summed E-state index contributed by atoms with van der Waals surface area (Å²) in [5.41, 5.74) is -0.958. The number of nitrogens with zero attached hydrogens (tertiary/aromatic N) is 4. The molecule has 1 saturated heterocycles. The van der Waals surface area contributed by atoms with Crippen LogP contribution in [0.2, 0.25) is 0 Å². The van der Waals surface area contributed by atoms with Crippen LogP contribution in [0.1, 0.15) is 52.9 Å². The average Bonchev–Trinajstić information content (AvgIpc) is 3.35. The first-order valence-corrected chi connectivity index (χ1v) is 12.1. The lowest BCUT2D eigenvalue weighted by Gasteiger charge is -2.40. The monoisotopic (exact) mass is 438 g/mol. The number of fused-ring (bicyclic) bond motifs is 1. The predicted molar refractivity (Wildman–Crippen MR) is 113 cm³/mol. The van der Waals surface area contributed by atoms with Crippen molar-refractivity contribution in [2.45, 2.75) is 70.6 Å². The van der Waals surface area contributed by atoms with Gasteiger partial charge in [-0.15, -0.1) is 0 Å². The van der Waals surface area contributed by atoms with Crippen LogP contribution in [0.15, 0.2) is 6.20 Å². The van der Waals surface area contributed by atoms with Crippen molar-refractivity contribution >= 4 is 27.9 Å². The number of hydrogen-bond donors (Lipinski definition) is 2. The molecule has 0 spiro atoms. The SMILES string of the molecule is CCNS(=O)(=O)N1CC[C@H](Nc2ncc3c(n2)N(C2CCCC2)C(=O)C(C)(C)O3)C1. The molecule has 1 aromatic heterocycles. The van der Waals surface area contributed by atoms with E-state index in [0.29, 0.717) is 43.6 Å². The number of hydrogen-bond acceptors (Lipinski definition) is 7. The van der Waals surface area contributed by atoms with Gasteiger partial charge in [-0.25, -0.2) is 9.71 Å². The third-order valence-electron chi connectivity index (χ3n) is 5.90. The Morgan fingerprint density at radius 3 is 2.70 bits per heavy atom. The molecule has 1 aromatic rings. The highest BCUT2D eigenvalue weighted by Crippen LogP contribution is 2.40. The molecule has 0 bridgehead atoms. The molecule has 3 heterocycles. The Balaban J connectivity index is 1.54. The first kappa shape index (κ1) is 21.3. The fraction of sp³-hybridized carbons (Fsp3) is 0.737. The molecule has 2 fully saturated rings. The highest BCUT2D eigenvalue weighted by atomic mass is 32.2. The number of amides is 1. The number of ether oxygens (including phenoxy) is 1. The molecular weight excluding hydrogens is 408 g/mol. The van der Waals surface area contributed by atoms with Crippen LogP contribution in [0.3, 0.4) is 0 Å². The largest absolute Gasteiger partial charge is 0.472 e. The predicted octanol–water partition coefficient (Wildman–Crippen LogP) is 1.26. The summed E-state index contributed by atoms with van der Waals surface area (Å²) < 4.78 is 34.2. The zero-order valence-electron chi connectivity index (χ0n) is 17.7. The molecule has 1 atom stereocenters. The molecule has 4 rings (SSSR count). The molecule has 2 N–H and O–H groups in total. The van der Waals surface area contributed by atoms with Gasteiger partial charge in [-0.1, -0.05) is 19.8 Å². The minimum atomic E-state index is -3.46. The van der Waals surface area contributed by atoms with Gasteiger partial charge in [-0.3, -0.25) is 9.69 Å². The van der Waals surface area contributed by atoms with Gasteiger partial charge < -0.3 is 10.1 Å². The molecule has 0 aromatic carbocycles. The Bertz CT molecular complexity index is 916. The van der Waals surface area contributed by atoms with E-state index in [9.17, 15) is 13.2 Å². The van der Waals surface area contributed by atoms with Gasteiger partial charge in [0.1, 0.15) is 0 Å². The first-order valence-electron chi connectivity index (χ1n) is 10.6. The maximum atomic E-state index is 13.1. The second-order valence-corrected chi connectivity index (χ2v) is 10.4. The fourth-order valence-electron chi connectivity index (χ4n) is 4.40. The maximum Gasteiger partial charge on any atom is 0.279 e. The quantitative estimate of drug-likeness (QED) is 0.687. The molecule has 3 aliphatic rings. The second-order valence-electron chi connectivity index (χ2n) is 8.60. The van der Waals surface area contributed by atoms with E-state index < -0.39 is 15.8 Å². The highest BCUT2D eigenvalue weighted by molar-refractivity contribution is 7.87. The number of aromatic nitrogens is 2. The van der Waals surface area contributed by atoms with Gasteiger partial charge in [0.2, 0.25) is 5.95 Å². The lowest BCUT2D eigenvalue weighted by Crippen LogP contribution is -2.56. The number of anilines is 2. The van der Waals surface area contributed by atoms with Crippen LogP contribution in [0, 0.1) is 0 Å². The number of carbonyl (C=O) groups is 1. The van der Waals surface area contributed by atoms with Gasteiger partial charge in [-0.2, -0.15) is 17.7 Å². The normalized spacial score (nSPS) is 24.7. The maximum absolute atomic E-state index is 13.1. The minimum Gasteiger partial charge on any atom is -0.472 e. The summed E-state index contributed by atoms with van der Waals surface area (Å²) >= 11 is 0. The van der Waals surface area contributed by atoms with E-state index >= 15 is 0 Å². The molecule has 1 amide bonds. The van der Waals surface area contributed by atoms with Gasteiger partial charge in [0, 0.05) is 31.7 Å². The van der Waals surface area contributed by atoms with Gasteiger partial charge in [0.25, 0.3) is 16.1 Å². The van der Waals surface area contributed by atoms with Crippen molar-refractivity contribution in [2.24, 2.45) is 0 Å². The summed E-state index contributed by atoms with van der Waals surface area (Å²) in [6.07, 6.45) is 6.35. The number of nitrogens with one attached hydrogen (secondary N) is 2. The molecular formula is C19H30N6O4S. The molecule has 30 heavy (non-hydrogen) atoms. The summed E-state index contributed by atoms with van der Waals surface area (Å²) in [6.45, 7) is 6.42. The highest BCUT2D eigenvalue weighted by Gasteiger charge is 2.45. The van der Waals surface area contributed by atoms with Gasteiger partial charge in [0.15, 0.2) is 17.2 Å². The van der Waals surface area contributed by atoms with Crippen LogP contribution in [-0.4, -0.2) is 65.9 Å². The summed E-state index contributed by atoms with van der Waals surface area (Å²) in [7, 11) is -3.46. The van der Waals surface area contributed by atoms with Crippen molar-refractivity contribution < 1.29 is 17.9 Å². The van der Waals surface area contributed by atoms with E-state index in [1.165, 1.54) is 4.31 Å². The van der Waals surface area contributed by atoms with Crippen molar-refractivity contribution in [3.05, 3.63) is 6.20 Å². The topological polar surface area (TPSA) is 117 Å². The van der Waals surface area contributed by atoms with Crippen LogP contribution in [0.5, 0.6) is 5.75 Å². The Hall–Kier alpha value is -1.98. The van der Waals surface area contributed by atoms with Gasteiger partial charge in [0.05, 0.1) is 6.20 Å². The van der Waals surface area contributed by atoms with E-state index in [0.717, 1.165) is 25.7 Å². The number of carbonyl (C=O) groups excluding carboxylic acids is 1. The van der Waals surface area contributed by atoms with Crippen molar-refractivity contribution in [3.63, 3.8) is 0 Å². The zero-order valence-corrected chi connectivity index (χ0v) is 18.5. The lowest BCUT2D eigenvalue weighted by molar-refractivity contribution is -0.133. The van der Waals surface area contributed by atoms with Crippen LogP contribution >= 0.6 is 0 Å². The smallest absolute Gasteiger partial charge is 0.279 e. The molecule has 0 unspecified atom stereocenters. The zero-order chi connectivity index (χ0) is 21.5. The molecule has 11 heteroatoms. The fourth-order valence-corrected chi connectivity index (χ4v) is 5.67. The molecule has 10 nitrogen and oxygen atoms in total. The Morgan fingerprint density at radius 2 is 2.00 bits per heavy atom. The summed E-state index contributed by atoms with van der Waals surface area (Å²) in [6, 6.07) is 0.0162. The van der Waals surface area contributed by atoms with Crippen LogP contribution < -0.4 is 19.7 Å². The van der Waals surface area contributed by atoms with Crippen molar-refractivity contribution in [3.8, 4) is 5.75 Å². The Kier molecular flexibility index (Phi) is 5.62. The lowest BCUT2D eigenvalue weighted by atomic mass is 10.0. The van der Waals surface area contributed by atoms with Crippen LogP contribution in [0.4, 0.5) is 11.8 Å². The van der Waals surface area contributed by atoms with E-state index in [1.54, 1.807) is 31.9 Å². The van der Waals surface area contributed by atoms with Gasteiger partial charge in [-0.05, 0) is 33.1 Å². The van der Waals surface area contributed by atoms with Crippen molar-refractivity contribution in [2.75, 3.05) is 29.9 Å². The van der Waals surface area contributed by atoms with Crippen molar-refractivity contribution in [1.82, 2.24) is 19.0 Å². The summed E-state index contributed by atoms with van der Waals surface area (Å²) in [5.74, 6) is 1.29. The molecule has 0 radical (unpaired) electrons. The minimum absolute atomic E-state index is 0.0877. The summed E-state index contributed by atoms with van der Waals surface area (Å²) in [4.78, 5) is 23.9. The van der Waals surface area contributed by atoms with Crippen LogP contribution in [-0.2, 0) is 15.0 Å². The third kappa shape index (κ3) is 3.97. The molecule has 2 aliphatic heterocycles. The Labute approximate surface area is 177 Å². The molecule has 1 aliphatic carbocycles. The van der Waals surface area contributed by atoms with E-state index in [2.05, 4.69) is 20.0 Å². The first-order chi connectivity index (χ1) is 14.2.